The SMILES string of the molecule is C=CCN(C(=O)[C@H]1N(CCCO)C(=O)[C@@H]2[C@@H](C(=O)OCC)[C@@H]3O[C@@]21CC3Br)c1ccc(Cl)cc1. The maximum atomic E-state index is 14.2. The highest BCUT2D eigenvalue weighted by Crippen LogP contribution is 2.60. The van der Waals surface area contributed by atoms with Gasteiger partial charge in [-0.3, -0.25) is 14.4 Å². The van der Waals surface area contributed by atoms with Crippen LogP contribution in [-0.2, 0) is 23.9 Å². The van der Waals surface area contributed by atoms with Gasteiger partial charge in [-0.05, 0) is 44.0 Å². The zero-order valence-corrected chi connectivity index (χ0v) is 21.2. The summed E-state index contributed by atoms with van der Waals surface area (Å²) in [6.07, 6.45) is 1.74. The lowest BCUT2D eigenvalue weighted by Gasteiger charge is -2.37. The molecule has 3 aliphatic rings. The maximum Gasteiger partial charge on any atom is 0.312 e. The third kappa shape index (κ3) is 3.96. The second-order valence-corrected chi connectivity index (χ2v) is 10.4. The molecule has 3 fully saturated rings. The number of aliphatic hydroxyl groups excluding tert-OH is 1. The first-order valence-electron chi connectivity index (χ1n) is 11.4. The van der Waals surface area contributed by atoms with Gasteiger partial charge in [-0.2, -0.15) is 0 Å². The molecule has 1 N–H and O–H groups in total. The number of ether oxygens (including phenoxy) is 2. The predicted octanol–water partition coefficient (Wildman–Crippen LogP) is 2.55. The summed E-state index contributed by atoms with van der Waals surface area (Å²) in [5.74, 6) is -2.77. The van der Waals surface area contributed by atoms with Crippen LogP contribution >= 0.6 is 27.5 Å². The molecule has 6 atom stereocenters. The average molecular weight is 556 g/mol. The number of benzene rings is 1. The van der Waals surface area contributed by atoms with E-state index in [1.807, 2.05) is 0 Å². The van der Waals surface area contributed by atoms with Crippen molar-refractivity contribution in [3.8, 4) is 0 Å². The Morgan fingerprint density at radius 2 is 2.12 bits per heavy atom. The fourth-order valence-corrected chi connectivity index (χ4v) is 6.69. The van der Waals surface area contributed by atoms with Gasteiger partial charge in [-0.1, -0.05) is 33.6 Å². The molecule has 1 aromatic carbocycles. The number of hydrogen-bond acceptors (Lipinski definition) is 6. The van der Waals surface area contributed by atoms with E-state index >= 15 is 0 Å². The third-order valence-electron chi connectivity index (χ3n) is 6.85. The van der Waals surface area contributed by atoms with Crippen molar-refractivity contribution in [2.75, 3.05) is 31.2 Å². The normalized spacial score (nSPS) is 31.5. The second-order valence-electron chi connectivity index (χ2n) is 8.74. The number of carbonyl (C=O) groups excluding carboxylic acids is 3. The van der Waals surface area contributed by atoms with Crippen LogP contribution in [-0.4, -0.2) is 76.7 Å². The Labute approximate surface area is 211 Å². The van der Waals surface area contributed by atoms with Gasteiger partial charge in [0, 0.05) is 35.2 Å². The van der Waals surface area contributed by atoms with Crippen LogP contribution in [0, 0.1) is 11.8 Å². The number of aliphatic hydroxyl groups is 1. The molecule has 0 radical (unpaired) electrons. The highest BCUT2D eigenvalue weighted by atomic mass is 79.9. The van der Waals surface area contributed by atoms with Gasteiger partial charge in [0.2, 0.25) is 5.91 Å². The molecule has 1 spiro atoms. The molecule has 10 heteroatoms. The molecule has 4 rings (SSSR count). The van der Waals surface area contributed by atoms with Crippen molar-refractivity contribution in [2.24, 2.45) is 11.8 Å². The second kappa shape index (κ2) is 9.97. The highest BCUT2D eigenvalue weighted by Gasteiger charge is 2.77. The van der Waals surface area contributed by atoms with Gasteiger partial charge in [0.05, 0.1) is 24.5 Å². The standard InChI is InChI=1S/C24H28BrClN2O6/c1-3-10-27(15-8-6-14(26)7-9-15)22(31)20-24-13-16(25)19(34-24)17(23(32)33-4-2)18(24)21(30)28(20)11-5-12-29/h3,6-9,16-20,29H,1,4-5,10-13H2,2H3/t16?,17-,18+,19-,20-,24+/m1/s1. The molecule has 2 amide bonds. The van der Waals surface area contributed by atoms with Crippen LogP contribution in [0.2, 0.25) is 5.02 Å². The first kappa shape index (κ1) is 25.2. The minimum Gasteiger partial charge on any atom is -0.466 e. The summed E-state index contributed by atoms with van der Waals surface area (Å²) >= 11 is 9.66. The van der Waals surface area contributed by atoms with E-state index in [4.69, 9.17) is 21.1 Å². The lowest BCUT2D eigenvalue weighted by molar-refractivity contribution is -0.154. The minimum absolute atomic E-state index is 0.137. The summed E-state index contributed by atoms with van der Waals surface area (Å²) in [6, 6.07) is 5.88. The van der Waals surface area contributed by atoms with Crippen molar-refractivity contribution >= 4 is 51.0 Å². The zero-order valence-electron chi connectivity index (χ0n) is 18.9. The molecule has 184 valence electrons. The lowest BCUT2D eigenvalue weighted by Crippen LogP contribution is -2.57. The van der Waals surface area contributed by atoms with Crippen LogP contribution in [0.4, 0.5) is 5.69 Å². The number of amides is 2. The van der Waals surface area contributed by atoms with Crippen LogP contribution in [0.1, 0.15) is 19.8 Å². The first-order valence-corrected chi connectivity index (χ1v) is 12.7. The Kier molecular flexibility index (Phi) is 7.38. The van der Waals surface area contributed by atoms with Crippen molar-refractivity contribution in [3.05, 3.63) is 41.9 Å². The number of rotatable bonds is 9. The van der Waals surface area contributed by atoms with Gasteiger partial charge < -0.3 is 24.4 Å². The van der Waals surface area contributed by atoms with E-state index in [0.29, 0.717) is 23.6 Å². The van der Waals surface area contributed by atoms with Crippen LogP contribution in [0.3, 0.4) is 0 Å². The molecule has 34 heavy (non-hydrogen) atoms. The fraction of sp³-hybridized carbons (Fsp3) is 0.542. The first-order chi connectivity index (χ1) is 16.3. The average Bonchev–Trinajstić information content (AvgIpc) is 3.40. The van der Waals surface area contributed by atoms with Crippen LogP contribution in [0.15, 0.2) is 36.9 Å². The highest BCUT2D eigenvalue weighted by molar-refractivity contribution is 9.09. The van der Waals surface area contributed by atoms with Crippen LogP contribution in [0.5, 0.6) is 0 Å². The molecule has 0 aliphatic carbocycles. The number of esters is 1. The molecular weight excluding hydrogens is 528 g/mol. The molecule has 0 aromatic heterocycles. The molecule has 1 unspecified atom stereocenters. The van der Waals surface area contributed by atoms with Gasteiger partial charge in [0.25, 0.3) is 5.91 Å². The largest absolute Gasteiger partial charge is 0.466 e. The van der Waals surface area contributed by atoms with Gasteiger partial charge >= 0.3 is 5.97 Å². The van der Waals surface area contributed by atoms with Gasteiger partial charge in [-0.25, -0.2) is 0 Å². The fourth-order valence-electron chi connectivity index (χ4n) is 5.62. The molecular formula is C24H28BrClN2O6. The monoisotopic (exact) mass is 554 g/mol. The summed E-state index contributed by atoms with van der Waals surface area (Å²) in [5.41, 5.74) is -0.570. The van der Waals surface area contributed by atoms with E-state index in [9.17, 15) is 19.5 Å². The zero-order chi connectivity index (χ0) is 24.6. The summed E-state index contributed by atoms with van der Waals surface area (Å²) in [5, 5.41) is 9.98. The van der Waals surface area contributed by atoms with E-state index in [-0.39, 0.29) is 42.9 Å². The van der Waals surface area contributed by atoms with Crippen LogP contribution < -0.4 is 4.90 Å². The Hall–Kier alpha value is -1.94. The molecule has 3 heterocycles. The quantitative estimate of drug-likeness (QED) is 0.286. The molecule has 8 nitrogen and oxygen atoms in total. The Morgan fingerprint density at radius 1 is 1.41 bits per heavy atom. The number of likely N-dealkylation sites (tertiary alicyclic amines) is 1. The van der Waals surface area contributed by atoms with Crippen molar-refractivity contribution in [1.82, 2.24) is 4.90 Å². The summed E-state index contributed by atoms with van der Waals surface area (Å²) in [6.45, 7) is 5.92. The van der Waals surface area contributed by atoms with E-state index in [0.717, 1.165) is 0 Å². The Morgan fingerprint density at radius 3 is 2.74 bits per heavy atom. The van der Waals surface area contributed by atoms with Crippen molar-refractivity contribution in [2.45, 2.75) is 42.3 Å². The maximum absolute atomic E-state index is 14.2. The predicted molar refractivity (Wildman–Crippen MR) is 130 cm³/mol. The minimum atomic E-state index is -1.17. The molecule has 2 bridgehead atoms. The number of halogens is 2. The molecule has 0 saturated carbocycles. The van der Waals surface area contributed by atoms with E-state index < -0.39 is 35.6 Å². The number of anilines is 1. The Balaban J connectivity index is 1.78. The molecule has 3 aliphatic heterocycles. The van der Waals surface area contributed by atoms with Gasteiger partial charge in [-0.15, -0.1) is 6.58 Å². The van der Waals surface area contributed by atoms with Gasteiger partial charge in [0.1, 0.15) is 11.6 Å². The summed E-state index contributed by atoms with van der Waals surface area (Å²) in [7, 11) is 0. The number of alkyl halides is 1. The molecule has 3 saturated heterocycles. The van der Waals surface area contributed by atoms with E-state index in [1.165, 1.54) is 4.90 Å². The van der Waals surface area contributed by atoms with Gasteiger partial charge in [0.15, 0.2) is 0 Å². The number of carbonyl (C=O) groups is 3. The number of fused-ring (bicyclic) bond motifs is 1. The molecule has 1 aromatic rings. The van der Waals surface area contributed by atoms with Crippen molar-refractivity contribution in [3.63, 3.8) is 0 Å². The van der Waals surface area contributed by atoms with E-state index in [1.54, 1.807) is 42.2 Å². The topological polar surface area (TPSA) is 96.4 Å². The summed E-state index contributed by atoms with van der Waals surface area (Å²) in [4.78, 5) is 43.6. The third-order valence-corrected chi connectivity index (χ3v) is 7.95. The van der Waals surface area contributed by atoms with Crippen molar-refractivity contribution in [1.29, 1.82) is 0 Å². The number of hydrogen-bond donors (Lipinski definition) is 1. The van der Waals surface area contributed by atoms with E-state index in [2.05, 4.69) is 22.5 Å². The Bertz CT molecular complexity index is 975. The van der Waals surface area contributed by atoms with Crippen LogP contribution in [0.25, 0.3) is 0 Å². The van der Waals surface area contributed by atoms with Crippen molar-refractivity contribution < 1.29 is 29.0 Å². The number of nitrogens with zero attached hydrogens (tertiary/aromatic N) is 2. The smallest absolute Gasteiger partial charge is 0.312 e. The summed E-state index contributed by atoms with van der Waals surface area (Å²) < 4.78 is 11.7. The lowest BCUT2D eigenvalue weighted by atomic mass is 9.70.